The number of carbonyl (C=O) groups is 1. The molecule has 0 bridgehead atoms. The number of hydrogen-bond donors (Lipinski definition) is 1. The van der Waals surface area contributed by atoms with E-state index >= 15 is 0 Å². The van der Waals surface area contributed by atoms with Crippen molar-refractivity contribution in [3.63, 3.8) is 0 Å². The first-order valence-corrected chi connectivity index (χ1v) is 7.83. The standard InChI is InChI=1S/C20H24O3/c1-14(12-19(21)22)6-5-7-15(2)16-8-9-18-17(13-16)20(3,4)10-11-23-18/h5-9,12-13H,10-11H2,1-4H3,(H,21,22)/b6-5+,14-12+,15-7+. The van der Waals surface area contributed by atoms with Gasteiger partial charge in [0.1, 0.15) is 5.75 Å². The van der Waals surface area contributed by atoms with Gasteiger partial charge in [-0.05, 0) is 54.5 Å². The van der Waals surface area contributed by atoms with Crippen molar-refractivity contribution in [3.05, 3.63) is 59.2 Å². The Morgan fingerprint density at radius 1 is 1.30 bits per heavy atom. The number of carboxylic acid groups (broad SMARTS) is 1. The Hall–Kier alpha value is -2.29. The molecule has 3 nitrogen and oxygen atoms in total. The summed E-state index contributed by atoms with van der Waals surface area (Å²) >= 11 is 0. The summed E-state index contributed by atoms with van der Waals surface area (Å²) in [5.41, 5.74) is 4.38. The lowest BCUT2D eigenvalue weighted by atomic mass is 9.79. The second-order valence-electron chi connectivity index (χ2n) is 6.63. The predicted octanol–water partition coefficient (Wildman–Crippen LogP) is 4.74. The molecule has 0 fully saturated rings. The van der Waals surface area contributed by atoms with Crippen LogP contribution < -0.4 is 4.74 Å². The van der Waals surface area contributed by atoms with Gasteiger partial charge in [-0.2, -0.15) is 0 Å². The second kappa shape index (κ2) is 6.86. The molecular formula is C20H24O3. The quantitative estimate of drug-likeness (QED) is 0.645. The van der Waals surface area contributed by atoms with E-state index in [1.54, 1.807) is 13.0 Å². The molecule has 2 rings (SSSR count). The van der Waals surface area contributed by atoms with E-state index in [1.807, 2.05) is 18.2 Å². The largest absolute Gasteiger partial charge is 0.493 e. The summed E-state index contributed by atoms with van der Waals surface area (Å²) in [7, 11) is 0. The van der Waals surface area contributed by atoms with Crippen LogP contribution >= 0.6 is 0 Å². The van der Waals surface area contributed by atoms with E-state index in [0.29, 0.717) is 5.57 Å². The molecule has 0 aromatic heterocycles. The van der Waals surface area contributed by atoms with Crippen molar-refractivity contribution in [2.75, 3.05) is 6.61 Å². The van der Waals surface area contributed by atoms with E-state index < -0.39 is 5.97 Å². The molecule has 0 amide bonds. The van der Waals surface area contributed by atoms with Crippen molar-refractivity contribution < 1.29 is 14.6 Å². The molecule has 0 aliphatic carbocycles. The van der Waals surface area contributed by atoms with Gasteiger partial charge in [0, 0.05) is 11.6 Å². The van der Waals surface area contributed by atoms with Crippen molar-refractivity contribution in [1.82, 2.24) is 0 Å². The number of benzene rings is 1. The van der Waals surface area contributed by atoms with Crippen LogP contribution in [0.5, 0.6) is 5.75 Å². The van der Waals surface area contributed by atoms with E-state index in [0.717, 1.165) is 29.9 Å². The highest BCUT2D eigenvalue weighted by molar-refractivity contribution is 5.81. The zero-order chi connectivity index (χ0) is 17.0. The van der Waals surface area contributed by atoms with Crippen LogP contribution in [-0.2, 0) is 10.2 Å². The topological polar surface area (TPSA) is 46.5 Å². The molecule has 1 aromatic carbocycles. The Labute approximate surface area is 138 Å². The maximum absolute atomic E-state index is 10.6. The fourth-order valence-corrected chi connectivity index (χ4v) is 2.66. The van der Waals surface area contributed by atoms with E-state index in [1.165, 1.54) is 11.6 Å². The van der Waals surface area contributed by atoms with Crippen molar-refractivity contribution >= 4 is 11.5 Å². The minimum Gasteiger partial charge on any atom is -0.493 e. The number of fused-ring (bicyclic) bond motifs is 1. The summed E-state index contributed by atoms with van der Waals surface area (Å²) in [6.07, 6.45) is 7.88. The molecule has 0 unspecified atom stereocenters. The summed E-state index contributed by atoms with van der Waals surface area (Å²) in [6.45, 7) is 9.09. The minimum absolute atomic E-state index is 0.126. The number of aliphatic carboxylic acids is 1. The third-order valence-corrected chi connectivity index (χ3v) is 4.21. The monoisotopic (exact) mass is 312 g/mol. The summed E-state index contributed by atoms with van der Waals surface area (Å²) < 4.78 is 5.75. The SMILES string of the molecule is CC(/C=C/C=C(\C)c1ccc2c(c1)C(C)(C)CCO2)=C\C(=O)O. The summed E-state index contributed by atoms with van der Waals surface area (Å²) in [4.78, 5) is 10.6. The van der Waals surface area contributed by atoms with E-state index in [-0.39, 0.29) is 5.41 Å². The highest BCUT2D eigenvalue weighted by Crippen LogP contribution is 2.39. The molecule has 1 aliphatic heterocycles. The highest BCUT2D eigenvalue weighted by atomic mass is 16.5. The van der Waals surface area contributed by atoms with Crippen molar-refractivity contribution in [2.45, 2.75) is 39.5 Å². The molecule has 122 valence electrons. The zero-order valence-electron chi connectivity index (χ0n) is 14.2. The molecule has 0 saturated heterocycles. The molecule has 0 spiro atoms. The molecule has 0 saturated carbocycles. The summed E-state index contributed by atoms with van der Waals surface area (Å²) in [6, 6.07) is 6.32. The average molecular weight is 312 g/mol. The van der Waals surface area contributed by atoms with Gasteiger partial charge in [0.05, 0.1) is 6.61 Å². The molecular weight excluding hydrogens is 288 g/mol. The van der Waals surface area contributed by atoms with E-state index in [9.17, 15) is 4.79 Å². The van der Waals surface area contributed by atoms with Crippen molar-refractivity contribution in [1.29, 1.82) is 0 Å². The fourth-order valence-electron chi connectivity index (χ4n) is 2.66. The first kappa shape index (κ1) is 17.1. The lowest BCUT2D eigenvalue weighted by molar-refractivity contribution is -0.131. The molecule has 0 atom stereocenters. The minimum atomic E-state index is -0.926. The third kappa shape index (κ3) is 4.35. The smallest absolute Gasteiger partial charge is 0.328 e. The Bertz CT molecular complexity index is 691. The maximum atomic E-state index is 10.6. The third-order valence-electron chi connectivity index (χ3n) is 4.21. The highest BCUT2D eigenvalue weighted by Gasteiger charge is 2.28. The summed E-state index contributed by atoms with van der Waals surface area (Å²) in [5.74, 6) is 0.0540. The van der Waals surface area contributed by atoms with Gasteiger partial charge in [-0.3, -0.25) is 0 Å². The molecule has 1 aromatic rings. The van der Waals surface area contributed by atoms with Gasteiger partial charge in [0.15, 0.2) is 0 Å². The van der Waals surface area contributed by atoms with Crippen LogP contribution in [0, 0.1) is 0 Å². The summed E-state index contributed by atoms with van der Waals surface area (Å²) in [5, 5.41) is 8.69. The van der Waals surface area contributed by atoms with Gasteiger partial charge in [-0.15, -0.1) is 0 Å². The number of allylic oxidation sites excluding steroid dienone is 5. The van der Waals surface area contributed by atoms with Gasteiger partial charge in [0.2, 0.25) is 0 Å². The normalized spacial score (nSPS) is 17.7. The molecule has 0 radical (unpaired) electrons. The van der Waals surface area contributed by atoms with Gasteiger partial charge >= 0.3 is 5.97 Å². The second-order valence-corrected chi connectivity index (χ2v) is 6.63. The maximum Gasteiger partial charge on any atom is 0.328 e. The van der Waals surface area contributed by atoms with Gasteiger partial charge in [-0.25, -0.2) is 4.79 Å². The number of rotatable bonds is 4. The van der Waals surface area contributed by atoms with Crippen LogP contribution in [0.2, 0.25) is 0 Å². The van der Waals surface area contributed by atoms with Crippen molar-refractivity contribution in [3.8, 4) is 5.75 Å². The lowest BCUT2D eigenvalue weighted by Gasteiger charge is -2.32. The average Bonchev–Trinajstić information content (AvgIpc) is 2.45. The van der Waals surface area contributed by atoms with Crippen LogP contribution in [0.3, 0.4) is 0 Å². The first-order valence-electron chi connectivity index (χ1n) is 7.83. The van der Waals surface area contributed by atoms with Crippen LogP contribution in [0.25, 0.3) is 5.57 Å². The fraction of sp³-hybridized carbons (Fsp3) is 0.350. The Morgan fingerprint density at radius 2 is 2.04 bits per heavy atom. The number of carboxylic acids is 1. The molecule has 1 heterocycles. The van der Waals surface area contributed by atoms with Gasteiger partial charge in [0.25, 0.3) is 0 Å². The van der Waals surface area contributed by atoms with Gasteiger partial charge in [-0.1, -0.05) is 38.1 Å². The van der Waals surface area contributed by atoms with Gasteiger partial charge < -0.3 is 9.84 Å². The lowest BCUT2D eigenvalue weighted by Crippen LogP contribution is -2.26. The first-order chi connectivity index (χ1) is 10.8. The van der Waals surface area contributed by atoms with Crippen LogP contribution in [-0.4, -0.2) is 17.7 Å². The van der Waals surface area contributed by atoms with Crippen molar-refractivity contribution in [2.24, 2.45) is 0 Å². The van der Waals surface area contributed by atoms with E-state index in [2.05, 4.69) is 32.9 Å². The molecule has 1 N–H and O–H groups in total. The van der Waals surface area contributed by atoms with Crippen LogP contribution in [0.4, 0.5) is 0 Å². The van der Waals surface area contributed by atoms with E-state index in [4.69, 9.17) is 9.84 Å². The predicted molar refractivity (Wildman–Crippen MR) is 93.8 cm³/mol. The Balaban J connectivity index is 2.23. The number of ether oxygens (including phenoxy) is 1. The zero-order valence-corrected chi connectivity index (χ0v) is 14.2. The Kier molecular flexibility index (Phi) is 5.09. The number of hydrogen-bond acceptors (Lipinski definition) is 2. The Morgan fingerprint density at radius 3 is 2.74 bits per heavy atom. The van der Waals surface area contributed by atoms with Crippen LogP contribution in [0.15, 0.2) is 48.1 Å². The molecule has 23 heavy (non-hydrogen) atoms. The van der Waals surface area contributed by atoms with Crippen LogP contribution in [0.1, 0.15) is 45.2 Å². The molecule has 3 heteroatoms. The molecule has 1 aliphatic rings.